The first kappa shape index (κ1) is 20.8. The summed E-state index contributed by atoms with van der Waals surface area (Å²) in [7, 11) is -3.67. The van der Waals surface area contributed by atoms with Crippen molar-refractivity contribution in [1.29, 1.82) is 0 Å². The van der Waals surface area contributed by atoms with E-state index >= 15 is 0 Å². The van der Waals surface area contributed by atoms with Gasteiger partial charge in [-0.05, 0) is 29.8 Å². The van der Waals surface area contributed by atoms with Crippen LogP contribution in [0.5, 0.6) is 0 Å². The van der Waals surface area contributed by atoms with Crippen molar-refractivity contribution < 1.29 is 18.0 Å². The third-order valence-corrected chi connectivity index (χ3v) is 7.32. The van der Waals surface area contributed by atoms with Gasteiger partial charge in [0.05, 0.1) is 6.26 Å². The summed E-state index contributed by atoms with van der Waals surface area (Å²) >= 11 is 1.53. The number of thioether (sulfide) groups is 1. The van der Waals surface area contributed by atoms with Crippen LogP contribution in [-0.2, 0) is 19.6 Å². The topological polar surface area (TPSA) is 150 Å². The van der Waals surface area contributed by atoms with Gasteiger partial charge in [0.1, 0.15) is 23.5 Å². The van der Waals surface area contributed by atoms with Crippen molar-refractivity contribution in [1.82, 2.24) is 35.6 Å². The van der Waals surface area contributed by atoms with Gasteiger partial charge in [0, 0.05) is 4.75 Å². The van der Waals surface area contributed by atoms with Crippen LogP contribution >= 0.6 is 11.8 Å². The number of H-pyrrole nitrogens is 1. The van der Waals surface area contributed by atoms with Gasteiger partial charge in [-0.2, -0.15) is 4.72 Å². The van der Waals surface area contributed by atoms with Crippen LogP contribution in [0.3, 0.4) is 0 Å². The predicted molar refractivity (Wildman–Crippen MR) is 108 cm³/mol. The van der Waals surface area contributed by atoms with Crippen molar-refractivity contribution in [3.63, 3.8) is 0 Å². The standard InChI is InChI=1S/C17H21N7O4S2/c1-17(2)12(13-19-22-23-20-13)24-15(26)11(16(24)29-17)18-14(25)10(21-30(3,27)28)9-7-5-4-6-8-9/h4-8,10-12,16,21H,1-3H3,(H,18,25)(H,19,20,22,23)/t10?,11?,12?,16-/m0/s1. The highest BCUT2D eigenvalue weighted by Crippen LogP contribution is 2.56. The Morgan fingerprint density at radius 1 is 1.30 bits per heavy atom. The quantitative estimate of drug-likeness (QED) is 0.507. The molecule has 2 aromatic rings. The summed E-state index contributed by atoms with van der Waals surface area (Å²) in [5, 5.41) is 16.3. The minimum Gasteiger partial charge on any atom is -0.340 e. The number of sulfonamides is 1. The van der Waals surface area contributed by atoms with Gasteiger partial charge in [-0.15, -0.1) is 16.9 Å². The maximum atomic E-state index is 13.0. The molecular formula is C17H21N7O4S2. The number of tetrazole rings is 1. The van der Waals surface area contributed by atoms with Gasteiger partial charge in [0.2, 0.25) is 21.8 Å². The molecule has 1 aromatic carbocycles. The summed E-state index contributed by atoms with van der Waals surface area (Å²) in [6.07, 6.45) is 0.984. The number of rotatable bonds is 6. The third kappa shape index (κ3) is 3.68. The Bertz CT molecular complexity index is 1060. The van der Waals surface area contributed by atoms with Gasteiger partial charge < -0.3 is 10.2 Å². The van der Waals surface area contributed by atoms with E-state index in [-0.39, 0.29) is 22.1 Å². The number of aromatic amines is 1. The normalized spacial score (nSPS) is 26.0. The minimum atomic E-state index is -3.67. The lowest BCUT2D eigenvalue weighted by Gasteiger charge is -2.44. The number of nitrogens with zero attached hydrogens (tertiary/aromatic N) is 4. The second-order valence-corrected chi connectivity index (χ2v) is 11.3. The molecule has 2 fully saturated rings. The zero-order valence-electron chi connectivity index (χ0n) is 16.4. The molecule has 0 spiro atoms. The molecule has 2 aliphatic rings. The maximum Gasteiger partial charge on any atom is 0.249 e. The van der Waals surface area contributed by atoms with Crippen LogP contribution in [0.2, 0.25) is 0 Å². The summed E-state index contributed by atoms with van der Waals surface area (Å²) in [4.78, 5) is 27.5. The Morgan fingerprint density at radius 3 is 2.60 bits per heavy atom. The number of nitrogens with one attached hydrogen (secondary N) is 3. The van der Waals surface area contributed by atoms with Gasteiger partial charge in [-0.3, -0.25) is 9.59 Å². The van der Waals surface area contributed by atoms with E-state index in [0.29, 0.717) is 11.4 Å². The van der Waals surface area contributed by atoms with Crippen LogP contribution in [-0.4, -0.2) is 68.2 Å². The Balaban J connectivity index is 1.54. The second kappa shape index (κ2) is 7.32. The second-order valence-electron chi connectivity index (χ2n) is 7.77. The molecule has 4 rings (SSSR count). The lowest BCUT2D eigenvalue weighted by molar-refractivity contribution is -0.152. The van der Waals surface area contributed by atoms with Crippen LogP contribution in [0.25, 0.3) is 0 Å². The smallest absolute Gasteiger partial charge is 0.249 e. The first-order chi connectivity index (χ1) is 14.1. The third-order valence-electron chi connectivity index (χ3n) is 5.09. The van der Waals surface area contributed by atoms with E-state index in [4.69, 9.17) is 0 Å². The molecule has 13 heteroatoms. The Labute approximate surface area is 177 Å². The maximum absolute atomic E-state index is 13.0. The van der Waals surface area contributed by atoms with E-state index in [1.807, 2.05) is 13.8 Å². The lowest BCUT2D eigenvalue weighted by atomic mass is 9.95. The number of aromatic nitrogens is 4. The van der Waals surface area contributed by atoms with Gasteiger partial charge in [0.25, 0.3) is 0 Å². The average Bonchev–Trinajstić information content (AvgIpc) is 3.28. The molecule has 4 atom stereocenters. The number of hydrogen-bond donors (Lipinski definition) is 3. The number of amides is 2. The van der Waals surface area contributed by atoms with Crippen LogP contribution in [0.15, 0.2) is 30.3 Å². The molecule has 0 bridgehead atoms. The summed E-state index contributed by atoms with van der Waals surface area (Å²) < 4.78 is 25.6. The summed E-state index contributed by atoms with van der Waals surface area (Å²) in [5.41, 5.74) is 0.481. The van der Waals surface area contributed by atoms with E-state index in [1.54, 1.807) is 35.2 Å². The Kier molecular flexibility index (Phi) is 5.06. The molecule has 2 aliphatic heterocycles. The van der Waals surface area contributed by atoms with Crippen LogP contribution in [0.1, 0.15) is 37.3 Å². The van der Waals surface area contributed by atoms with Crippen molar-refractivity contribution in [3.05, 3.63) is 41.7 Å². The predicted octanol–water partition coefficient (Wildman–Crippen LogP) is -0.290. The largest absolute Gasteiger partial charge is 0.340 e. The highest BCUT2D eigenvalue weighted by molar-refractivity contribution is 8.01. The molecule has 0 aliphatic carbocycles. The van der Waals surface area contributed by atoms with E-state index in [1.165, 1.54) is 11.8 Å². The Hall–Kier alpha value is -2.51. The monoisotopic (exact) mass is 451 g/mol. The number of carbonyl (C=O) groups is 2. The van der Waals surface area contributed by atoms with Gasteiger partial charge in [-0.25, -0.2) is 13.5 Å². The van der Waals surface area contributed by atoms with E-state index < -0.39 is 28.0 Å². The van der Waals surface area contributed by atoms with Crippen molar-refractivity contribution in [2.75, 3.05) is 6.26 Å². The number of carbonyl (C=O) groups excluding carboxylic acids is 2. The lowest BCUT2D eigenvalue weighted by Crippen LogP contribution is -2.68. The highest BCUT2D eigenvalue weighted by atomic mass is 32.2. The molecule has 3 heterocycles. The molecule has 160 valence electrons. The average molecular weight is 452 g/mol. The van der Waals surface area contributed by atoms with Gasteiger partial charge in [0.15, 0.2) is 5.82 Å². The fraction of sp³-hybridized carbons (Fsp3) is 0.471. The van der Waals surface area contributed by atoms with Crippen LogP contribution in [0, 0.1) is 0 Å². The number of fused-ring (bicyclic) bond motifs is 1. The van der Waals surface area contributed by atoms with Gasteiger partial charge >= 0.3 is 0 Å². The molecule has 3 N–H and O–H groups in total. The molecule has 0 saturated carbocycles. The van der Waals surface area contributed by atoms with Crippen molar-refractivity contribution in [3.8, 4) is 0 Å². The van der Waals surface area contributed by atoms with Gasteiger partial charge in [-0.1, -0.05) is 30.3 Å². The molecule has 3 unspecified atom stereocenters. The number of hydrogen-bond acceptors (Lipinski definition) is 8. The summed E-state index contributed by atoms with van der Waals surface area (Å²) in [6.45, 7) is 3.96. The van der Waals surface area contributed by atoms with E-state index in [9.17, 15) is 18.0 Å². The SMILES string of the molecule is CC1(C)S[C@H]2C(NC(=O)C(NS(C)(=O)=O)c3ccccc3)C(=O)N2C1c1nnn[nH]1. The summed E-state index contributed by atoms with van der Waals surface area (Å²) in [5.74, 6) is -0.374. The zero-order valence-corrected chi connectivity index (χ0v) is 18.1. The molecule has 1 aromatic heterocycles. The molecule has 30 heavy (non-hydrogen) atoms. The highest BCUT2D eigenvalue weighted by Gasteiger charge is 2.63. The van der Waals surface area contributed by atoms with E-state index in [2.05, 4.69) is 30.7 Å². The molecule has 0 radical (unpaired) electrons. The van der Waals surface area contributed by atoms with Crippen LogP contribution < -0.4 is 10.0 Å². The first-order valence-electron chi connectivity index (χ1n) is 9.15. The molecule has 11 nitrogen and oxygen atoms in total. The molecule has 2 saturated heterocycles. The van der Waals surface area contributed by atoms with E-state index in [0.717, 1.165) is 6.26 Å². The summed E-state index contributed by atoms with van der Waals surface area (Å²) in [6, 6.07) is 6.22. The number of β-lactam (4-membered cyclic amide) rings is 1. The van der Waals surface area contributed by atoms with Crippen molar-refractivity contribution in [2.24, 2.45) is 0 Å². The minimum absolute atomic E-state index is 0.265. The fourth-order valence-corrected chi connectivity index (χ4v) is 6.15. The fourth-order valence-electron chi connectivity index (χ4n) is 3.84. The first-order valence-corrected chi connectivity index (χ1v) is 11.9. The molecule has 2 amide bonds. The number of benzene rings is 1. The zero-order chi connectivity index (χ0) is 21.7. The molecular weight excluding hydrogens is 430 g/mol. The van der Waals surface area contributed by atoms with Crippen LogP contribution in [0.4, 0.5) is 0 Å². The van der Waals surface area contributed by atoms with Crippen molar-refractivity contribution >= 4 is 33.6 Å². The van der Waals surface area contributed by atoms with Crippen molar-refractivity contribution in [2.45, 2.75) is 42.1 Å². The Morgan fingerprint density at radius 2 is 2.00 bits per heavy atom.